The van der Waals surface area contributed by atoms with Gasteiger partial charge in [-0.1, -0.05) is 35.3 Å². The molecule has 112 valence electrons. The second-order valence-corrected chi connectivity index (χ2v) is 5.58. The number of nitrogens with one attached hydrogen (secondary N) is 1. The molecule has 0 aliphatic rings. The zero-order valence-corrected chi connectivity index (χ0v) is 13.8. The lowest BCUT2D eigenvalue weighted by Gasteiger charge is -2.27. The van der Waals surface area contributed by atoms with Crippen LogP contribution in [0.15, 0.2) is 30.5 Å². The van der Waals surface area contributed by atoms with Crippen molar-refractivity contribution in [2.24, 2.45) is 0 Å². The van der Waals surface area contributed by atoms with E-state index in [9.17, 15) is 0 Å². The summed E-state index contributed by atoms with van der Waals surface area (Å²) >= 11 is 12.2. The molecule has 1 atom stereocenters. The lowest BCUT2D eigenvalue weighted by Crippen LogP contribution is -2.23. The van der Waals surface area contributed by atoms with Gasteiger partial charge in [-0.15, -0.1) is 0 Å². The summed E-state index contributed by atoms with van der Waals surface area (Å²) in [6.45, 7) is 4.85. The molecule has 1 unspecified atom stereocenters. The molecule has 0 radical (unpaired) electrons. The molecule has 1 heterocycles. The maximum atomic E-state index is 6.23. The van der Waals surface area contributed by atoms with Gasteiger partial charge in [-0.3, -0.25) is 0 Å². The standard InChI is InChI=1S/C15H18Cl2N4/c1-4-18-15-19-9-13(17)14(20-15)21(3)10(2)11-5-7-12(16)8-6-11/h5-10H,4H2,1-3H3,(H,18,19,20). The largest absolute Gasteiger partial charge is 0.354 e. The molecule has 0 saturated carbocycles. The Labute approximate surface area is 135 Å². The first-order valence-electron chi connectivity index (χ1n) is 6.77. The fraction of sp³-hybridized carbons (Fsp3) is 0.333. The molecule has 0 bridgehead atoms. The molecule has 0 amide bonds. The van der Waals surface area contributed by atoms with Crippen molar-refractivity contribution in [1.82, 2.24) is 9.97 Å². The van der Waals surface area contributed by atoms with Crippen LogP contribution in [0.1, 0.15) is 25.5 Å². The molecule has 0 aliphatic heterocycles. The van der Waals surface area contributed by atoms with E-state index in [1.165, 1.54) is 0 Å². The maximum Gasteiger partial charge on any atom is 0.224 e. The first-order chi connectivity index (χ1) is 10.0. The van der Waals surface area contributed by atoms with Crippen molar-refractivity contribution in [2.45, 2.75) is 19.9 Å². The van der Waals surface area contributed by atoms with E-state index in [2.05, 4.69) is 22.2 Å². The first kappa shape index (κ1) is 15.9. The molecule has 2 rings (SSSR count). The van der Waals surface area contributed by atoms with Crippen molar-refractivity contribution in [2.75, 3.05) is 23.8 Å². The summed E-state index contributed by atoms with van der Waals surface area (Å²) in [4.78, 5) is 10.7. The second kappa shape index (κ2) is 6.96. The zero-order valence-electron chi connectivity index (χ0n) is 12.3. The van der Waals surface area contributed by atoms with Gasteiger partial charge in [0.2, 0.25) is 5.95 Å². The van der Waals surface area contributed by atoms with Gasteiger partial charge in [0, 0.05) is 18.6 Å². The van der Waals surface area contributed by atoms with Crippen LogP contribution in [0, 0.1) is 0 Å². The van der Waals surface area contributed by atoms with Crippen LogP contribution >= 0.6 is 23.2 Å². The van der Waals surface area contributed by atoms with E-state index in [-0.39, 0.29) is 6.04 Å². The number of benzene rings is 1. The van der Waals surface area contributed by atoms with Crippen molar-refractivity contribution in [3.05, 3.63) is 46.1 Å². The average Bonchev–Trinajstić information content (AvgIpc) is 2.49. The summed E-state index contributed by atoms with van der Waals surface area (Å²) in [5.41, 5.74) is 1.14. The predicted molar refractivity (Wildman–Crippen MR) is 89.5 cm³/mol. The summed E-state index contributed by atoms with van der Waals surface area (Å²) in [5, 5.41) is 4.34. The predicted octanol–water partition coefficient (Wildman–Crippen LogP) is 4.41. The van der Waals surface area contributed by atoms with Crippen LogP contribution in [-0.2, 0) is 0 Å². The molecule has 0 spiro atoms. The number of hydrogen-bond acceptors (Lipinski definition) is 4. The van der Waals surface area contributed by atoms with Gasteiger partial charge in [0.25, 0.3) is 0 Å². The molecule has 2 aromatic rings. The summed E-state index contributed by atoms with van der Waals surface area (Å²) in [6, 6.07) is 7.89. The monoisotopic (exact) mass is 324 g/mol. The highest BCUT2D eigenvalue weighted by molar-refractivity contribution is 6.32. The maximum absolute atomic E-state index is 6.23. The Hall–Kier alpha value is -1.52. The van der Waals surface area contributed by atoms with E-state index in [0.717, 1.165) is 17.1 Å². The summed E-state index contributed by atoms with van der Waals surface area (Å²) in [5.74, 6) is 1.28. The lowest BCUT2D eigenvalue weighted by atomic mass is 10.1. The van der Waals surface area contributed by atoms with Gasteiger partial charge >= 0.3 is 0 Å². The van der Waals surface area contributed by atoms with Crippen LogP contribution in [0.25, 0.3) is 0 Å². The highest BCUT2D eigenvalue weighted by atomic mass is 35.5. The van der Waals surface area contributed by atoms with Gasteiger partial charge in [0.05, 0.1) is 12.2 Å². The summed E-state index contributed by atoms with van der Waals surface area (Å²) < 4.78 is 0. The molecule has 0 fully saturated rings. The molecule has 4 nitrogen and oxygen atoms in total. The average molecular weight is 325 g/mol. The summed E-state index contributed by atoms with van der Waals surface area (Å²) in [6.07, 6.45) is 1.62. The molecule has 1 aromatic heterocycles. The Balaban J connectivity index is 2.27. The summed E-state index contributed by atoms with van der Waals surface area (Å²) in [7, 11) is 1.96. The number of rotatable bonds is 5. The molecule has 1 N–H and O–H groups in total. The second-order valence-electron chi connectivity index (χ2n) is 4.73. The number of hydrogen-bond donors (Lipinski definition) is 1. The van der Waals surface area contributed by atoms with Crippen LogP contribution in [0.3, 0.4) is 0 Å². The number of aromatic nitrogens is 2. The van der Waals surface area contributed by atoms with Gasteiger partial charge in [-0.2, -0.15) is 4.98 Å². The van der Waals surface area contributed by atoms with Crippen molar-refractivity contribution in [3.63, 3.8) is 0 Å². The Morgan fingerprint density at radius 3 is 2.52 bits per heavy atom. The third-order valence-corrected chi connectivity index (χ3v) is 3.85. The van der Waals surface area contributed by atoms with Gasteiger partial charge in [0.1, 0.15) is 5.02 Å². The zero-order chi connectivity index (χ0) is 15.4. The van der Waals surface area contributed by atoms with E-state index < -0.39 is 0 Å². The van der Waals surface area contributed by atoms with Crippen LogP contribution < -0.4 is 10.2 Å². The molecule has 6 heteroatoms. The molecule has 0 saturated heterocycles. The van der Waals surface area contributed by atoms with E-state index in [4.69, 9.17) is 23.2 Å². The van der Waals surface area contributed by atoms with Crippen molar-refractivity contribution < 1.29 is 0 Å². The van der Waals surface area contributed by atoms with Crippen molar-refractivity contribution in [3.8, 4) is 0 Å². The number of nitrogens with zero attached hydrogens (tertiary/aromatic N) is 3. The molecular formula is C15H18Cl2N4. The Morgan fingerprint density at radius 1 is 1.24 bits per heavy atom. The Kier molecular flexibility index (Phi) is 5.26. The molecular weight excluding hydrogens is 307 g/mol. The van der Waals surface area contributed by atoms with Crippen LogP contribution in [-0.4, -0.2) is 23.6 Å². The SMILES string of the molecule is CCNc1ncc(Cl)c(N(C)C(C)c2ccc(Cl)cc2)n1. The van der Waals surface area contributed by atoms with Gasteiger partial charge in [-0.25, -0.2) is 4.98 Å². The molecule has 21 heavy (non-hydrogen) atoms. The van der Waals surface area contributed by atoms with Crippen molar-refractivity contribution in [1.29, 1.82) is 0 Å². The molecule has 0 aliphatic carbocycles. The molecule has 1 aromatic carbocycles. The van der Waals surface area contributed by atoms with E-state index in [1.54, 1.807) is 6.20 Å². The highest BCUT2D eigenvalue weighted by Gasteiger charge is 2.17. The minimum absolute atomic E-state index is 0.115. The van der Waals surface area contributed by atoms with Crippen LogP contribution in [0.4, 0.5) is 11.8 Å². The van der Waals surface area contributed by atoms with Gasteiger partial charge < -0.3 is 10.2 Å². The minimum Gasteiger partial charge on any atom is -0.354 e. The third kappa shape index (κ3) is 3.77. The number of halogens is 2. The van der Waals surface area contributed by atoms with Crippen molar-refractivity contribution >= 4 is 35.0 Å². The Morgan fingerprint density at radius 2 is 1.90 bits per heavy atom. The van der Waals surface area contributed by atoms with Crippen LogP contribution in [0.2, 0.25) is 10.0 Å². The fourth-order valence-corrected chi connectivity index (χ4v) is 2.35. The minimum atomic E-state index is 0.115. The van der Waals surface area contributed by atoms with Gasteiger partial charge in [0.15, 0.2) is 5.82 Å². The smallest absolute Gasteiger partial charge is 0.224 e. The normalized spacial score (nSPS) is 12.0. The lowest BCUT2D eigenvalue weighted by molar-refractivity contribution is 0.727. The number of anilines is 2. The van der Waals surface area contributed by atoms with E-state index in [1.807, 2.05) is 43.1 Å². The third-order valence-electron chi connectivity index (χ3n) is 3.33. The first-order valence-corrected chi connectivity index (χ1v) is 7.53. The quantitative estimate of drug-likeness (QED) is 0.884. The topological polar surface area (TPSA) is 41.1 Å². The fourth-order valence-electron chi connectivity index (χ4n) is 2.00. The van der Waals surface area contributed by atoms with E-state index >= 15 is 0 Å². The Bertz CT molecular complexity index is 601. The van der Waals surface area contributed by atoms with E-state index in [0.29, 0.717) is 16.8 Å². The highest BCUT2D eigenvalue weighted by Crippen LogP contribution is 2.30. The van der Waals surface area contributed by atoms with Crippen LogP contribution in [0.5, 0.6) is 0 Å². The van der Waals surface area contributed by atoms with Gasteiger partial charge in [-0.05, 0) is 31.5 Å².